The molecule has 1 aromatic carbocycles. The van der Waals surface area contributed by atoms with Crippen LogP contribution in [0.3, 0.4) is 0 Å². The van der Waals surface area contributed by atoms with Gasteiger partial charge in [0.25, 0.3) is 5.56 Å². The van der Waals surface area contributed by atoms with Crippen molar-refractivity contribution >= 4 is 5.95 Å². The summed E-state index contributed by atoms with van der Waals surface area (Å²) in [6, 6.07) is 8.87. The van der Waals surface area contributed by atoms with Crippen LogP contribution in [0.4, 0.5) is 10.3 Å². The summed E-state index contributed by atoms with van der Waals surface area (Å²) in [6.45, 7) is 7.13. The number of likely N-dealkylation sites (tertiary alicyclic amines) is 1. The first kappa shape index (κ1) is 27.3. The van der Waals surface area contributed by atoms with Crippen LogP contribution in [0.1, 0.15) is 105 Å². The SMILES string of the molecule is CCCCCCN1CCC(c2nc(NCC3Cc4ccccc4CN3)[nH]c(=O)c2C2CCC(F)CC2)CC1. The molecule has 5 rings (SSSR count). The Balaban J connectivity index is 1.28. The third-order valence-electron chi connectivity index (χ3n) is 9.03. The Hall–Kier alpha value is -2.25. The molecule has 3 aliphatic rings. The number of alkyl halides is 1. The van der Waals surface area contributed by atoms with Gasteiger partial charge in [-0.2, -0.15) is 0 Å². The van der Waals surface area contributed by atoms with Gasteiger partial charge in [0.2, 0.25) is 5.95 Å². The first-order valence-corrected chi connectivity index (χ1v) is 15.1. The van der Waals surface area contributed by atoms with Gasteiger partial charge in [0.15, 0.2) is 0 Å². The summed E-state index contributed by atoms with van der Waals surface area (Å²) in [5.41, 5.74) is 4.55. The lowest BCUT2D eigenvalue weighted by atomic mass is 9.79. The van der Waals surface area contributed by atoms with Crippen molar-refractivity contribution < 1.29 is 4.39 Å². The van der Waals surface area contributed by atoms with Crippen LogP contribution >= 0.6 is 0 Å². The molecular formula is C31H46FN5O. The Labute approximate surface area is 227 Å². The minimum Gasteiger partial charge on any atom is -0.354 e. The van der Waals surface area contributed by atoms with E-state index in [1.54, 1.807) is 0 Å². The summed E-state index contributed by atoms with van der Waals surface area (Å²) in [6.07, 6.45) is 10.1. The number of nitrogens with zero attached hydrogens (tertiary/aromatic N) is 2. The third kappa shape index (κ3) is 6.84. The third-order valence-corrected chi connectivity index (χ3v) is 9.03. The van der Waals surface area contributed by atoms with Crippen molar-refractivity contribution in [1.82, 2.24) is 20.2 Å². The van der Waals surface area contributed by atoms with Gasteiger partial charge in [0.05, 0.1) is 5.69 Å². The predicted molar refractivity (Wildman–Crippen MR) is 153 cm³/mol. The average Bonchev–Trinajstić information content (AvgIpc) is 2.95. The molecular weight excluding hydrogens is 477 g/mol. The van der Waals surface area contributed by atoms with Gasteiger partial charge in [-0.1, -0.05) is 50.5 Å². The first-order chi connectivity index (χ1) is 18.6. The number of rotatable bonds is 10. The topological polar surface area (TPSA) is 73.1 Å². The molecule has 1 saturated carbocycles. The number of hydrogen-bond donors (Lipinski definition) is 3. The number of aromatic amines is 1. The molecule has 0 bridgehead atoms. The van der Waals surface area contributed by atoms with Gasteiger partial charge in [0, 0.05) is 30.6 Å². The van der Waals surface area contributed by atoms with E-state index in [-0.39, 0.29) is 17.5 Å². The highest BCUT2D eigenvalue weighted by Crippen LogP contribution is 2.38. The molecule has 3 heterocycles. The lowest BCUT2D eigenvalue weighted by molar-refractivity contribution is 0.204. The summed E-state index contributed by atoms with van der Waals surface area (Å²) in [5, 5.41) is 7.06. The highest BCUT2D eigenvalue weighted by molar-refractivity contribution is 5.36. The molecule has 208 valence electrons. The molecule has 38 heavy (non-hydrogen) atoms. The molecule has 1 atom stereocenters. The molecule has 1 aromatic heterocycles. The molecule has 0 amide bonds. The largest absolute Gasteiger partial charge is 0.354 e. The number of halogens is 1. The van der Waals surface area contributed by atoms with Gasteiger partial charge in [-0.05, 0) is 88.0 Å². The second kappa shape index (κ2) is 13.2. The maximum atomic E-state index is 13.9. The smallest absolute Gasteiger partial charge is 0.256 e. The van der Waals surface area contributed by atoms with Crippen molar-refractivity contribution in [3.8, 4) is 0 Å². The number of anilines is 1. The highest BCUT2D eigenvalue weighted by atomic mass is 19.1. The van der Waals surface area contributed by atoms with Crippen LogP contribution in [-0.2, 0) is 13.0 Å². The Kier molecular flexibility index (Phi) is 9.49. The molecule has 6 nitrogen and oxygen atoms in total. The van der Waals surface area contributed by atoms with Crippen LogP contribution in [0.5, 0.6) is 0 Å². The van der Waals surface area contributed by atoms with Crippen LogP contribution in [0, 0.1) is 0 Å². The second-order valence-electron chi connectivity index (χ2n) is 11.8. The van der Waals surface area contributed by atoms with Gasteiger partial charge in [0.1, 0.15) is 6.17 Å². The molecule has 1 saturated heterocycles. The van der Waals surface area contributed by atoms with E-state index in [9.17, 15) is 9.18 Å². The fourth-order valence-electron chi connectivity index (χ4n) is 6.71. The fourth-order valence-corrected chi connectivity index (χ4v) is 6.71. The van der Waals surface area contributed by atoms with Crippen LogP contribution in [0.25, 0.3) is 0 Å². The molecule has 2 fully saturated rings. The Bertz CT molecular complexity index is 1090. The first-order valence-electron chi connectivity index (χ1n) is 15.1. The molecule has 3 N–H and O–H groups in total. The van der Waals surface area contributed by atoms with Crippen molar-refractivity contribution in [1.29, 1.82) is 0 Å². The Morgan fingerprint density at radius 3 is 2.53 bits per heavy atom. The van der Waals surface area contributed by atoms with Crippen LogP contribution in [0.2, 0.25) is 0 Å². The van der Waals surface area contributed by atoms with Crippen LogP contribution < -0.4 is 16.2 Å². The second-order valence-corrected chi connectivity index (χ2v) is 11.8. The molecule has 2 aliphatic heterocycles. The number of benzene rings is 1. The Morgan fingerprint density at radius 1 is 1.00 bits per heavy atom. The summed E-state index contributed by atoms with van der Waals surface area (Å²) < 4.78 is 13.9. The van der Waals surface area contributed by atoms with E-state index in [0.29, 0.717) is 31.3 Å². The van der Waals surface area contributed by atoms with Crippen molar-refractivity contribution in [2.24, 2.45) is 0 Å². The number of piperidine rings is 1. The van der Waals surface area contributed by atoms with Gasteiger partial charge < -0.3 is 15.5 Å². The maximum Gasteiger partial charge on any atom is 0.256 e. The van der Waals surface area contributed by atoms with E-state index in [0.717, 1.165) is 63.0 Å². The minimum absolute atomic E-state index is 0.0243. The van der Waals surface area contributed by atoms with E-state index in [1.165, 1.54) is 43.4 Å². The number of H-pyrrole nitrogens is 1. The van der Waals surface area contributed by atoms with E-state index in [1.807, 2.05) is 0 Å². The van der Waals surface area contributed by atoms with Gasteiger partial charge in [-0.25, -0.2) is 9.37 Å². The van der Waals surface area contributed by atoms with Crippen LogP contribution in [0.15, 0.2) is 29.1 Å². The molecule has 0 radical (unpaired) electrons. The number of unbranched alkanes of at least 4 members (excludes halogenated alkanes) is 3. The monoisotopic (exact) mass is 523 g/mol. The standard InChI is InChI=1S/C31H46FN5O/c1-2-3-4-7-16-37-17-14-23(15-18-37)29-28(22-10-12-26(32)13-11-22)30(38)36-31(35-29)34-21-27-19-24-8-5-6-9-25(24)20-33-27/h5-6,8-9,22-23,26-27,33H,2-4,7,10-21H2,1H3,(H2,34,35,36,38). The van der Waals surface area contributed by atoms with E-state index >= 15 is 0 Å². The lowest BCUT2D eigenvalue weighted by Gasteiger charge is -2.34. The number of fused-ring (bicyclic) bond motifs is 1. The zero-order chi connectivity index (χ0) is 26.3. The number of aromatic nitrogens is 2. The quantitative estimate of drug-likeness (QED) is 0.351. The molecule has 0 spiro atoms. The van der Waals surface area contributed by atoms with E-state index in [4.69, 9.17) is 4.98 Å². The van der Waals surface area contributed by atoms with Crippen molar-refractivity contribution in [3.63, 3.8) is 0 Å². The Morgan fingerprint density at radius 2 is 1.76 bits per heavy atom. The number of hydrogen-bond acceptors (Lipinski definition) is 5. The molecule has 7 heteroatoms. The average molecular weight is 524 g/mol. The van der Waals surface area contributed by atoms with E-state index in [2.05, 4.69) is 51.7 Å². The van der Waals surface area contributed by atoms with Crippen molar-refractivity contribution in [3.05, 3.63) is 57.0 Å². The van der Waals surface area contributed by atoms with Gasteiger partial charge >= 0.3 is 0 Å². The molecule has 1 unspecified atom stereocenters. The zero-order valence-electron chi connectivity index (χ0n) is 23.1. The summed E-state index contributed by atoms with van der Waals surface area (Å²) in [4.78, 5) is 24.2. The molecule has 2 aromatic rings. The van der Waals surface area contributed by atoms with Gasteiger partial charge in [-0.3, -0.25) is 9.78 Å². The predicted octanol–water partition coefficient (Wildman–Crippen LogP) is 5.65. The maximum absolute atomic E-state index is 13.9. The summed E-state index contributed by atoms with van der Waals surface area (Å²) in [7, 11) is 0. The normalized spacial score (nSPS) is 24.7. The highest BCUT2D eigenvalue weighted by Gasteiger charge is 2.31. The van der Waals surface area contributed by atoms with Crippen molar-refractivity contribution in [2.45, 2.75) is 108 Å². The fraction of sp³-hybridized carbons (Fsp3) is 0.677. The lowest BCUT2D eigenvalue weighted by Crippen LogP contribution is -2.41. The summed E-state index contributed by atoms with van der Waals surface area (Å²) >= 11 is 0. The zero-order valence-corrected chi connectivity index (χ0v) is 23.1. The molecule has 1 aliphatic carbocycles. The van der Waals surface area contributed by atoms with E-state index < -0.39 is 6.17 Å². The van der Waals surface area contributed by atoms with Crippen LogP contribution in [-0.4, -0.2) is 53.3 Å². The summed E-state index contributed by atoms with van der Waals surface area (Å²) in [5.74, 6) is 0.990. The number of nitrogens with one attached hydrogen (secondary N) is 3. The van der Waals surface area contributed by atoms with Gasteiger partial charge in [-0.15, -0.1) is 0 Å². The minimum atomic E-state index is -0.730. The van der Waals surface area contributed by atoms with Crippen molar-refractivity contribution in [2.75, 3.05) is 31.5 Å².